The molecular formula is C17H18N2O2S3. The summed E-state index contributed by atoms with van der Waals surface area (Å²) in [7, 11) is 0. The molecule has 0 bridgehead atoms. The number of aryl methyl sites for hydroxylation is 1. The summed E-state index contributed by atoms with van der Waals surface area (Å²) < 4.78 is 7.25. The third kappa shape index (κ3) is 4.40. The van der Waals surface area contributed by atoms with Crippen molar-refractivity contribution in [2.45, 2.75) is 41.1 Å². The largest absolute Gasteiger partial charge is 0.423 e. The Morgan fingerprint density at radius 1 is 1.17 bits per heavy atom. The minimum absolute atomic E-state index is 0.309. The van der Waals surface area contributed by atoms with Gasteiger partial charge in [-0.3, -0.25) is 0 Å². The smallest absolute Gasteiger partial charge is 0.336 e. The van der Waals surface area contributed by atoms with Crippen LogP contribution in [0.15, 0.2) is 42.2 Å². The maximum atomic E-state index is 11.8. The highest BCUT2D eigenvalue weighted by atomic mass is 32.2. The van der Waals surface area contributed by atoms with E-state index in [1.54, 1.807) is 40.9 Å². The van der Waals surface area contributed by atoms with Gasteiger partial charge in [-0.15, -0.1) is 10.2 Å². The van der Waals surface area contributed by atoms with Crippen LogP contribution in [0.1, 0.15) is 30.9 Å². The predicted octanol–water partition coefficient (Wildman–Crippen LogP) is 5.14. The topological polar surface area (TPSA) is 56.0 Å². The Kier molecular flexibility index (Phi) is 5.97. The maximum absolute atomic E-state index is 11.8. The molecule has 126 valence electrons. The number of nitrogens with zero attached hydrogens (tertiary/aromatic N) is 2. The third-order valence-electron chi connectivity index (χ3n) is 3.45. The van der Waals surface area contributed by atoms with E-state index in [1.165, 1.54) is 12.8 Å². The van der Waals surface area contributed by atoms with Gasteiger partial charge in [-0.05, 0) is 30.5 Å². The van der Waals surface area contributed by atoms with E-state index < -0.39 is 0 Å². The molecule has 4 nitrogen and oxygen atoms in total. The van der Waals surface area contributed by atoms with E-state index in [-0.39, 0.29) is 5.63 Å². The SMILES string of the molecule is CCCCSc1nnc(SCc2cc(=O)oc3cc(C)ccc23)s1. The number of aromatic nitrogens is 2. The molecule has 2 heterocycles. The van der Waals surface area contributed by atoms with Crippen LogP contribution in [0.3, 0.4) is 0 Å². The van der Waals surface area contributed by atoms with Gasteiger partial charge < -0.3 is 4.42 Å². The molecule has 0 aliphatic heterocycles. The highest BCUT2D eigenvalue weighted by molar-refractivity contribution is 8.02. The van der Waals surface area contributed by atoms with Gasteiger partial charge in [0.15, 0.2) is 8.68 Å². The van der Waals surface area contributed by atoms with Crippen LogP contribution in [0, 0.1) is 6.92 Å². The maximum Gasteiger partial charge on any atom is 0.336 e. The highest BCUT2D eigenvalue weighted by Gasteiger charge is 2.09. The molecule has 0 radical (unpaired) electrons. The standard InChI is InChI=1S/C17H18N2O2S3/c1-3-4-7-22-16-18-19-17(24-16)23-10-12-9-15(20)21-14-8-11(2)5-6-13(12)14/h5-6,8-9H,3-4,7,10H2,1-2H3. The average Bonchev–Trinajstić information content (AvgIpc) is 3.00. The van der Waals surface area contributed by atoms with E-state index in [4.69, 9.17) is 4.42 Å². The Balaban J connectivity index is 1.73. The van der Waals surface area contributed by atoms with E-state index in [9.17, 15) is 4.79 Å². The molecule has 0 saturated carbocycles. The fourth-order valence-corrected chi connectivity index (χ4v) is 5.38. The molecule has 0 unspecified atom stereocenters. The summed E-state index contributed by atoms with van der Waals surface area (Å²) in [5.74, 6) is 1.76. The quantitative estimate of drug-likeness (QED) is 0.322. The lowest BCUT2D eigenvalue weighted by molar-refractivity contribution is 0.559. The van der Waals surface area contributed by atoms with Crippen LogP contribution in [-0.4, -0.2) is 16.0 Å². The average molecular weight is 379 g/mol. The van der Waals surface area contributed by atoms with E-state index in [0.29, 0.717) is 11.3 Å². The Labute approximate surface area is 153 Å². The van der Waals surface area contributed by atoms with Crippen LogP contribution in [0.25, 0.3) is 11.0 Å². The van der Waals surface area contributed by atoms with Crippen LogP contribution >= 0.6 is 34.9 Å². The number of fused-ring (bicyclic) bond motifs is 1. The van der Waals surface area contributed by atoms with E-state index in [2.05, 4.69) is 17.1 Å². The number of hydrogen-bond donors (Lipinski definition) is 0. The van der Waals surface area contributed by atoms with Gasteiger partial charge in [0.1, 0.15) is 5.58 Å². The molecule has 0 N–H and O–H groups in total. The first-order chi connectivity index (χ1) is 11.7. The normalized spacial score (nSPS) is 11.2. The second kappa shape index (κ2) is 8.18. The zero-order chi connectivity index (χ0) is 16.9. The van der Waals surface area contributed by atoms with Crippen molar-refractivity contribution in [3.63, 3.8) is 0 Å². The van der Waals surface area contributed by atoms with Crippen LogP contribution < -0.4 is 5.63 Å². The second-order valence-electron chi connectivity index (χ2n) is 5.41. The van der Waals surface area contributed by atoms with Gasteiger partial charge in [0.05, 0.1) is 0 Å². The fraction of sp³-hybridized carbons (Fsp3) is 0.353. The zero-order valence-corrected chi connectivity index (χ0v) is 16.0. The molecule has 0 aliphatic rings. The number of hydrogen-bond acceptors (Lipinski definition) is 7. The Morgan fingerprint density at radius 2 is 1.96 bits per heavy atom. The van der Waals surface area contributed by atoms with Crippen LogP contribution in [0.4, 0.5) is 0 Å². The first-order valence-electron chi connectivity index (χ1n) is 7.78. The minimum Gasteiger partial charge on any atom is -0.423 e. The molecule has 7 heteroatoms. The molecule has 1 aromatic carbocycles. The number of benzene rings is 1. The summed E-state index contributed by atoms with van der Waals surface area (Å²) in [6, 6.07) is 7.51. The lowest BCUT2D eigenvalue weighted by atomic mass is 10.1. The Morgan fingerprint density at radius 3 is 2.75 bits per heavy atom. The molecule has 0 atom stereocenters. The summed E-state index contributed by atoms with van der Waals surface area (Å²) in [6.07, 6.45) is 2.38. The van der Waals surface area contributed by atoms with Crippen molar-refractivity contribution in [2.24, 2.45) is 0 Å². The van der Waals surface area contributed by atoms with Crippen LogP contribution in [-0.2, 0) is 5.75 Å². The highest BCUT2D eigenvalue weighted by Crippen LogP contribution is 2.32. The molecule has 0 aliphatic carbocycles. The summed E-state index contributed by atoms with van der Waals surface area (Å²) in [5.41, 5.74) is 2.39. The van der Waals surface area contributed by atoms with Gasteiger partial charge in [0, 0.05) is 23.0 Å². The molecule has 0 spiro atoms. The van der Waals surface area contributed by atoms with E-state index >= 15 is 0 Å². The van der Waals surface area contributed by atoms with Gasteiger partial charge >= 0.3 is 5.63 Å². The minimum atomic E-state index is -0.309. The summed E-state index contributed by atoms with van der Waals surface area (Å²) >= 11 is 4.99. The fourth-order valence-electron chi connectivity index (χ4n) is 2.21. The molecule has 0 fully saturated rings. The van der Waals surface area contributed by atoms with Gasteiger partial charge in [0.2, 0.25) is 0 Å². The predicted molar refractivity (Wildman–Crippen MR) is 102 cm³/mol. The van der Waals surface area contributed by atoms with Crippen molar-refractivity contribution in [2.75, 3.05) is 5.75 Å². The van der Waals surface area contributed by atoms with Crippen molar-refractivity contribution in [3.05, 3.63) is 45.8 Å². The van der Waals surface area contributed by atoms with Crippen molar-refractivity contribution >= 4 is 45.8 Å². The monoisotopic (exact) mass is 378 g/mol. The van der Waals surface area contributed by atoms with Crippen LogP contribution in [0.5, 0.6) is 0 Å². The van der Waals surface area contributed by atoms with E-state index in [1.807, 2.05) is 25.1 Å². The van der Waals surface area contributed by atoms with Gasteiger partial charge in [0.25, 0.3) is 0 Å². The number of unbranched alkanes of at least 4 members (excludes halogenated alkanes) is 1. The lowest BCUT2D eigenvalue weighted by Crippen LogP contribution is -2.00. The zero-order valence-electron chi connectivity index (χ0n) is 13.6. The van der Waals surface area contributed by atoms with Crippen LogP contribution in [0.2, 0.25) is 0 Å². The summed E-state index contributed by atoms with van der Waals surface area (Å²) in [5, 5.41) is 9.44. The van der Waals surface area contributed by atoms with Crippen molar-refractivity contribution in [3.8, 4) is 0 Å². The Hall–Kier alpha value is -1.31. The summed E-state index contributed by atoms with van der Waals surface area (Å²) in [6.45, 7) is 4.17. The summed E-state index contributed by atoms with van der Waals surface area (Å²) in [4.78, 5) is 11.8. The molecular weight excluding hydrogens is 360 g/mol. The van der Waals surface area contributed by atoms with Gasteiger partial charge in [-0.1, -0.05) is 60.3 Å². The molecule has 0 amide bonds. The molecule has 2 aromatic heterocycles. The number of rotatable bonds is 7. The third-order valence-corrected chi connectivity index (χ3v) is 6.77. The Bertz CT molecular complexity index is 889. The van der Waals surface area contributed by atoms with E-state index in [0.717, 1.165) is 30.9 Å². The first-order valence-corrected chi connectivity index (χ1v) is 10.6. The molecule has 24 heavy (non-hydrogen) atoms. The van der Waals surface area contributed by atoms with Crippen molar-refractivity contribution in [1.29, 1.82) is 0 Å². The van der Waals surface area contributed by atoms with Crippen molar-refractivity contribution in [1.82, 2.24) is 10.2 Å². The molecule has 3 aromatic rings. The van der Waals surface area contributed by atoms with Gasteiger partial charge in [-0.2, -0.15) is 0 Å². The van der Waals surface area contributed by atoms with Gasteiger partial charge in [-0.25, -0.2) is 4.79 Å². The molecule has 3 rings (SSSR count). The second-order valence-corrected chi connectivity index (χ2v) is 8.96. The molecule has 0 saturated heterocycles. The lowest BCUT2D eigenvalue weighted by Gasteiger charge is -2.04. The number of thioether (sulfide) groups is 2. The van der Waals surface area contributed by atoms with Crippen molar-refractivity contribution < 1.29 is 4.42 Å². The first kappa shape index (κ1) is 17.5.